The minimum absolute atomic E-state index is 0. The fraction of sp³-hybridized carbons (Fsp3) is 0.500. The summed E-state index contributed by atoms with van der Waals surface area (Å²) in [6.07, 6.45) is -5.03. The number of aliphatic imine (C=N–C) groups is 1. The first-order chi connectivity index (χ1) is 9.40. The molecule has 0 bridgehead atoms. The summed E-state index contributed by atoms with van der Waals surface area (Å²) in [7, 11) is 0. The lowest BCUT2D eigenvalue weighted by Crippen LogP contribution is -2.38. The van der Waals surface area contributed by atoms with E-state index in [1.165, 1.54) is 0 Å². The van der Waals surface area contributed by atoms with Crippen LogP contribution in [0.5, 0.6) is 0 Å². The summed E-state index contributed by atoms with van der Waals surface area (Å²) in [5.41, 5.74) is 2.16. The monoisotopic (exact) mass is 415 g/mol. The number of aryl methyl sites for hydroxylation is 1. The van der Waals surface area contributed by atoms with Gasteiger partial charge in [-0.25, -0.2) is 4.99 Å². The standard InChI is InChI=1S/C14H20F3N3.HI/c1-3-18-13(19-8-7-14(15,16)17)20-10-12-6-4-5-11(2)9-12;/h4-6,9H,3,7-8,10H2,1-2H3,(H2,18,19,20);1H. The van der Waals surface area contributed by atoms with E-state index in [0.29, 0.717) is 19.0 Å². The third-order valence-electron chi connectivity index (χ3n) is 2.55. The van der Waals surface area contributed by atoms with Crippen LogP contribution in [-0.4, -0.2) is 25.2 Å². The van der Waals surface area contributed by atoms with E-state index < -0.39 is 12.6 Å². The molecule has 0 fully saturated rings. The third-order valence-corrected chi connectivity index (χ3v) is 2.55. The zero-order valence-corrected chi connectivity index (χ0v) is 14.5. The van der Waals surface area contributed by atoms with Crippen molar-refractivity contribution in [1.29, 1.82) is 0 Å². The van der Waals surface area contributed by atoms with E-state index in [0.717, 1.165) is 11.1 Å². The molecule has 0 saturated heterocycles. The number of nitrogens with zero attached hydrogens (tertiary/aromatic N) is 1. The molecule has 0 aliphatic carbocycles. The Morgan fingerprint density at radius 3 is 2.52 bits per heavy atom. The number of hydrogen-bond acceptors (Lipinski definition) is 1. The molecule has 0 aliphatic heterocycles. The summed E-state index contributed by atoms with van der Waals surface area (Å²) >= 11 is 0. The van der Waals surface area contributed by atoms with E-state index in [1.54, 1.807) is 0 Å². The molecule has 0 atom stereocenters. The molecule has 2 N–H and O–H groups in total. The van der Waals surface area contributed by atoms with Crippen molar-refractivity contribution in [2.24, 2.45) is 4.99 Å². The van der Waals surface area contributed by atoms with Crippen molar-refractivity contribution in [1.82, 2.24) is 10.6 Å². The van der Waals surface area contributed by atoms with E-state index in [1.807, 2.05) is 38.1 Å². The van der Waals surface area contributed by atoms with Crippen LogP contribution in [0.4, 0.5) is 13.2 Å². The Labute approximate surface area is 140 Å². The second-order valence-electron chi connectivity index (χ2n) is 4.48. The molecule has 1 aromatic carbocycles. The summed E-state index contributed by atoms with van der Waals surface area (Å²) in [6, 6.07) is 7.86. The van der Waals surface area contributed by atoms with Crippen LogP contribution < -0.4 is 10.6 Å². The molecule has 0 aliphatic rings. The van der Waals surface area contributed by atoms with Gasteiger partial charge in [0, 0.05) is 13.1 Å². The van der Waals surface area contributed by atoms with Crippen LogP contribution in [0.15, 0.2) is 29.3 Å². The Morgan fingerprint density at radius 1 is 1.24 bits per heavy atom. The number of nitrogens with one attached hydrogen (secondary N) is 2. The van der Waals surface area contributed by atoms with Crippen molar-refractivity contribution in [3.05, 3.63) is 35.4 Å². The Kier molecular flexibility index (Phi) is 9.39. The van der Waals surface area contributed by atoms with Crippen molar-refractivity contribution < 1.29 is 13.2 Å². The molecule has 21 heavy (non-hydrogen) atoms. The quantitative estimate of drug-likeness (QED) is 0.438. The number of hydrogen-bond donors (Lipinski definition) is 2. The topological polar surface area (TPSA) is 36.4 Å². The van der Waals surface area contributed by atoms with Crippen LogP contribution in [0.3, 0.4) is 0 Å². The van der Waals surface area contributed by atoms with E-state index in [-0.39, 0.29) is 30.5 Å². The van der Waals surface area contributed by atoms with Crippen LogP contribution in [0, 0.1) is 6.92 Å². The second-order valence-corrected chi connectivity index (χ2v) is 4.48. The summed E-state index contributed by atoms with van der Waals surface area (Å²) < 4.78 is 36.3. The maximum absolute atomic E-state index is 12.1. The number of halogens is 4. The highest BCUT2D eigenvalue weighted by Gasteiger charge is 2.26. The summed E-state index contributed by atoms with van der Waals surface area (Å²) in [5.74, 6) is 0.401. The van der Waals surface area contributed by atoms with Gasteiger partial charge in [-0.15, -0.1) is 24.0 Å². The van der Waals surface area contributed by atoms with E-state index in [9.17, 15) is 13.2 Å². The predicted molar refractivity (Wildman–Crippen MR) is 90.1 cm³/mol. The van der Waals surface area contributed by atoms with Crippen LogP contribution in [0.1, 0.15) is 24.5 Å². The molecule has 0 saturated carbocycles. The van der Waals surface area contributed by atoms with Gasteiger partial charge in [-0.2, -0.15) is 13.2 Å². The number of rotatable bonds is 5. The molecule has 1 rings (SSSR count). The van der Waals surface area contributed by atoms with Gasteiger partial charge in [0.15, 0.2) is 5.96 Å². The first kappa shape index (κ1) is 20.0. The fourth-order valence-corrected chi connectivity index (χ4v) is 1.65. The average Bonchev–Trinajstić information content (AvgIpc) is 2.34. The van der Waals surface area contributed by atoms with E-state index in [4.69, 9.17) is 0 Å². The fourth-order valence-electron chi connectivity index (χ4n) is 1.65. The van der Waals surface area contributed by atoms with Crippen LogP contribution in [-0.2, 0) is 6.54 Å². The SMILES string of the molecule is CCNC(=NCc1cccc(C)c1)NCCC(F)(F)F.I. The molecule has 0 aromatic heterocycles. The lowest BCUT2D eigenvalue weighted by Gasteiger charge is -2.12. The van der Waals surface area contributed by atoms with Crippen molar-refractivity contribution in [2.45, 2.75) is 33.0 Å². The molecular weight excluding hydrogens is 394 g/mol. The van der Waals surface area contributed by atoms with Crippen LogP contribution in [0.2, 0.25) is 0 Å². The highest BCUT2D eigenvalue weighted by molar-refractivity contribution is 14.0. The van der Waals surface area contributed by atoms with E-state index in [2.05, 4.69) is 15.6 Å². The van der Waals surface area contributed by atoms with Crippen LogP contribution in [0.25, 0.3) is 0 Å². The molecule has 0 unspecified atom stereocenters. The Hall–Kier alpha value is -0.990. The molecular formula is C14H21F3IN3. The Balaban J connectivity index is 0.00000400. The lowest BCUT2D eigenvalue weighted by atomic mass is 10.1. The predicted octanol–water partition coefficient (Wildman–Crippen LogP) is 3.62. The van der Waals surface area contributed by atoms with Crippen molar-refractivity contribution in [3.8, 4) is 0 Å². The van der Waals surface area contributed by atoms with Crippen molar-refractivity contribution >= 4 is 29.9 Å². The highest BCUT2D eigenvalue weighted by atomic mass is 127. The first-order valence-electron chi connectivity index (χ1n) is 6.55. The van der Waals surface area contributed by atoms with Gasteiger partial charge in [-0.3, -0.25) is 0 Å². The summed E-state index contributed by atoms with van der Waals surface area (Å²) in [6.45, 7) is 4.71. The van der Waals surface area contributed by atoms with Crippen molar-refractivity contribution in [3.63, 3.8) is 0 Å². The maximum atomic E-state index is 12.1. The molecule has 120 valence electrons. The third kappa shape index (κ3) is 9.54. The van der Waals surface area contributed by atoms with E-state index >= 15 is 0 Å². The lowest BCUT2D eigenvalue weighted by molar-refractivity contribution is -0.132. The summed E-state index contributed by atoms with van der Waals surface area (Å²) in [5, 5.41) is 5.61. The van der Waals surface area contributed by atoms with Gasteiger partial charge >= 0.3 is 6.18 Å². The molecule has 0 heterocycles. The molecule has 7 heteroatoms. The van der Waals surface area contributed by atoms with Gasteiger partial charge in [0.1, 0.15) is 0 Å². The minimum atomic E-state index is -4.15. The molecule has 0 amide bonds. The Bertz CT molecular complexity index is 447. The average molecular weight is 415 g/mol. The van der Waals surface area contributed by atoms with Gasteiger partial charge in [-0.05, 0) is 19.4 Å². The van der Waals surface area contributed by atoms with Gasteiger partial charge in [0.25, 0.3) is 0 Å². The van der Waals surface area contributed by atoms with Gasteiger partial charge in [0.05, 0.1) is 13.0 Å². The summed E-state index contributed by atoms with van der Waals surface area (Å²) in [4.78, 5) is 4.27. The number of benzene rings is 1. The normalized spacial score (nSPS) is 11.8. The smallest absolute Gasteiger partial charge is 0.357 e. The van der Waals surface area contributed by atoms with Gasteiger partial charge in [0.2, 0.25) is 0 Å². The number of guanidine groups is 1. The Morgan fingerprint density at radius 2 is 1.95 bits per heavy atom. The molecule has 3 nitrogen and oxygen atoms in total. The second kappa shape index (κ2) is 9.86. The first-order valence-corrected chi connectivity index (χ1v) is 6.55. The zero-order chi connectivity index (χ0) is 15.0. The largest absolute Gasteiger partial charge is 0.390 e. The zero-order valence-electron chi connectivity index (χ0n) is 12.1. The van der Waals surface area contributed by atoms with Crippen molar-refractivity contribution in [2.75, 3.05) is 13.1 Å². The maximum Gasteiger partial charge on any atom is 0.390 e. The van der Waals surface area contributed by atoms with Gasteiger partial charge in [-0.1, -0.05) is 29.8 Å². The highest BCUT2D eigenvalue weighted by Crippen LogP contribution is 2.18. The van der Waals surface area contributed by atoms with Crippen LogP contribution >= 0.6 is 24.0 Å². The molecule has 0 radical (unpaired) electrons. The van der Waals surface area contributed by atoms with Gasteiger partial charge < -0.3 is 10.6 Å². The molecule has 0 spiro atoms. The molecule has 1 aromatic rings. The minimum Gasteiger partial charge on any atom is -0.357 e. The number of alkyl halides is 3.